The van der Waals surface area contributed by atoms with Gasteiger partial charge in [-0.15, -0.1) is 12.4 Å². The molecule has 2 unspecified atom stereocenters. The second kappa shape index (κ2) is 9.78. The molecule has 2 N–H and O–H groups in total. The van der Waals surface area contributed by atoms with Crippen LogP contribution in [0.2, 0.25) is 0 Å². The Morgan fingerprint density at radius 3 is 2.68 bits per heavy atom. The molecule has 1 aromatic rings. The van der Waals surface area contributed by atoms with Crippen LogP contribution in [-0.2, 0) is 10.2 Å². The summed E-state index contributed by atoms with van der Waals surface area (Å²) in [5.74, 6) is -2.01. The summed E-state index contributed by atoms with van der Waals surface area (Å²) in [6.45, 7) is 3.60. The molecule has 0 aromatic heterocycles. The van der Waals surface area contributed by atoms with Gasteiger partial charge in [-0.25, -0.2) is 8.78 Å². The van der Waals surface area contributed by atoms with E-state index in [0.29, 0.717) is 31.6 Å². The molecule has 5 nitrogen and oxygen atoms in total. The highest BCUT2D eigenvalue weighted by Crippen LogP contribution is 2.27. The molecule has 1 fully saturated rings. The van der Waals surface area contributed by atoms with Gasteiger partial charge in [0.05, 0.1) is 0 Å². The van der Waals surface area contributed by atoms with E-state index in [9.17, 15) is 17.2 Å². The van der Waals surface area contributed by atoms with Gasteiger partial charge in [-0.1, -0.05) is 19.4 Å². The van der Waals surface area contributed by atoms with E-state index >= 15 is 0 Å². The molecule has 0 bridgehead atoms. The molecule has 2 atom stereocenters. The second-order valence-electron chi connectivity index (χ2n) is 6.18. The third-order valence-corrected chi connectivity index (χ3v) is 5.99. The van der Waals surface area contributed by atoms with Crippen LogP contribution in [0.4, 0.5) is 8.78 Å². The van der Waals surface area contributed by atoms with E-state index in [1.165, 1.54) is 10.4 Å². The third kappa shape index (κ3) is 5.86. The number of rotatable bonds is 7. The number of unbranched alkanes of at least 4 members (excludes halogenated alkanes) is 1. The van der Waals surface area contributed by atoms with Crippen LogP contribution in [0.15, 0.2) is 18.2 Å². The normalized spacial score (nSPS) is 21.2. The van der Waals surface area contributed by atoms with Crippen LogP contribution in [0, 0.1) is 11.6 Å². The second-order valence-corrected chi connectivity index (χ2v) is 7.99. The van der Waals surface area contributed by atoms with E-state index < -0.39 is 27.9 Å². The number of benzene rings is 1. The largest absolute Gasteiger partial charge is 0.315 e. The third-order valence-electron chi connectivity index (χ3n) is 4.39. The Bertz CT molecular complexity index is 661. The number of nitrogens with zero attached hydrogens (tertiary/aromatic N) is 1. The monoisotopic (exact) mass is 397 g/mol. The van der Waals surface area contributed by atoms with Crippen LogP contribution in [0.3, 0.4) is 0 Å². The Morgan fingerprint density at radius 1 is 1.32 bits per heavy atom. The van der Waals surface area contributed by atoms with Crippen molar-refractivity contribution in [3.63, 3.8) is 0 Å². The number of piperidine rings is 1. The lowest BCUT2D eigenvalue weighted by atomic mass is 9.86. The first kappa shape index (κ1) is 22.2. The van der Waals surface area contributed by atoms with Gasteiger partial charge >= 0.3 is 0 Å². The number of halogens is 3. The molecule has 144 valence electrons. The Hall–Kier alpha value is -0.800. The highest BCUT2D eigenvalue weighted by atomic mass is 35.5. The molecular formula is C16H26ClF2N3O2S. The van der Waals surface area contributed by atoms with Crippen LogP contribution >= 0.6 is 12.4 Å². The molecule has 1 aliphatic heterocycles. The van der Waals surface area contributed by atoms with Crippen LogP contribution < -0.4 is 10.0 Å². The molecule has 0 radical (unpaired) electrons. The lowest BCUT2D eigenvalue weighted by molar-refractivity contribution is 0.362. The Morgan fingerprint density at radius 2 is 2.04 bits per heavy atom. The minimum atomic E-state index is -3.62. The van der Waals surface area contributed by atoms with Crippen molar-refractivity contribution in [2.45, 2.75) is 38.1 Å². The van der Waals surface area contributed by atoms with E-state index in [1.807, 2.05) is 6.92 Å². The van der Waals surface area contributed by atoms with Crippen molar-refractivity contribution >= 4 is 22.6 Å². The van der Waals surface area contributed by atoms with E-state index in [4.69, 9.17) is 0 Å². The molecule has 2 rings (SSSR count). The van der Waals surface area contributed by atoms with Gasteiger partial charge in [-0.2, -0.15) is 17.4 Å². The highest BCUT2D eigenvalue weighted by molar-refractivity contribution is 7.87. The van der Waals surface area contributed by atoms with Crippen LogP contribution in [0.1, 0.15) is 37.7 Å². The standard InChI is InChI=1S/C16H25F2N3O2S.ClH/c1-3-4-9-21(2)24(22,23)20-16-11-19-8-7-13(16)12-5-6-14(17)15(18)10-12;/h5-6,10,13,16,19-20H,3-4,7-9,11H2,1-2H3;1H. The Balaban J connectivity index is 0.00000312. The summed E-state index contributed by atoms with van der Waals surface area (Å²) >= 11 is 0. The van der Waals surface area contributed by atoms with Gasteiger partial charge in [0.1, 0.15) is 0 Å². The van der Waals surface area contributed by atoms with E-state index in [1.54, 1.807) is 7.05 Å². The molecule has 1 saturated heterocycles. The van der Waals surface area contributed by atoms with Crippen molar-refractivity contribution in [1.82, 2.24) is 14.3 Å². The van der Waals surface area contributed by atoms with Gasteiger partial charge in [0.2, 0.25) is 0 Å². The van der Waals surface area contributed by atoms with Gasteiger partial charge in [0.25, 0.3) is 10.2 Å². The topological polar surface area (TPSA) is 61.4 Å². The van der Waals surface area contributed by atoms with Crippen molar-refractivity contribution in [2.75, 3.05) is 26.7 Å². The van der Waals surface area contributed by atoms with Crippen molar-refractivity contribution in [3.05, 3.63) is 35.4 Å². The molecule has 9 heteroatoms. The number of nitrogens with one attached hydrogen (secondary N) is 2. The number of hydrogen-bond acceptors (Lipinski definition) is 3. The summed E-state index contributed by atoms with van der Waals surface area (Å²) in [5, 5.41) is 3.15. The molecule has 0 aliphatic carbocycles. The summed E-state index contributed by atoms with van der Waals surface area (Å²) in [5.41, 5.74) is 0.610. The molecule has 1 aromatic carbocycles. The SMILES string of the molecule is CCCCN(C)S(=O)(=O)NC1CNCCC1c1ccc(F)c(F)c1.Cl. The number of hydrogen-bond donors (Lipinski definition) is 2. The fourth-order valence-electron chi connectivity index (χ4n) is 2.91. The first-order valence-electron chi connectivity index (χ1n) is 8.24. The highest BCUT2D eigenvalue weighted by Gasteiger charge is 2.31. The van der Waals surface area contributed by atoms with Crippen molar-refractivity contribution in [2.24, 2.45) is 0 Å². The zero-order chi connectivity index (χ0) is 17.7. The lowest BCUT2D eigenvalue weighted by Gasteiger charge is -2.34. The molecule has 0 amide bonds. The maximum Gasteiger partial charge on any atom is 0.279 e. The Labute approximate surface area is 154 Å². The first-order chi connectivity index (χ1) is 11.3. The predicted octanol–water partition coefficient (Wildman–Crippen LogP) is 2.40. The van der Waals surface area contributed by atoms with Crippen molar-refractivity contribution in [1.29, 1.82) is 0 Å². The Kier molecular flexibility index (Phi) is 8.70. The summed E-state index contributed by atoms with van der Waals surface area (Å²) in [6.07, 6.45) is 2.34. The minimum absolute atomic E-state index is 0. The molecule has 1 heterocycles. The van der Waals surface area contributed by atoms with Gasteiger partial charge in [-0.05, 0) is 37.1 Å². The summed E-state index contributed by atoms with van der Waals surface area (Å²) in [6, 6.07) is 3.37. The molecule has 1 aliphatic rings. The summed E-state index contributed by atoms with van der Waals surface area (Å²) in [7, 11) is -2.07. The molecule has 0 spiro atoms. The van der Waals surface area contributed by atoms with E-state index in [-0.39, 0.29) is 18.3 Å². The average molecular weight is 398 g/mol. The lowest BCUT2D eigenvalue weighted by Crippen LogP contribution is -2.53. The maximum atomic E-state index is 13.5. The van der Waals surface area contributed by atoms with Gasteiger partial charge in [0, 0.05) is 32.1 Å². The maximum absolute atomic E-state index is 13.5. The molecule has 0 saturated carbocycles. The van der Waals surface area contributed by atoms with Crippen LogP contribution in [0.25, 0.3) is 0 Å². The fourth-order valence-corrected chi connectivity index (χ4v) is 4.09. The molecular weight excluding hydrogens is 372 g/mol. The van der Waals surface area contributed by atoms with Crippen molar-refractivity contribution < 1.29 is 17.2 Å². The quantitative estimate of drug-likeness (QED) is 0.742. The molecule has 25 heavy (non-hydrogen) atoms. The predicted molar refractivity (Wildman–Crippen MR) is 97.2 cm³/mol. The first-order valence-corrected chi connectivity index (χ1v) is 9.68. The van der Waals surface area contributed by atoms with Gasteiger partial charge < -0.3 is 5.32 Å². The van der Waals surface area contributed by atoms with Crippen molar-refractivity contribution in [3.8, 4) is 0 Å². The smallest absolute Gasteiger partial charge is 0.279 e. The van der Waals surface area contributed by atoms with Gasteiger partial charge in [0.15, 0.2) is 11.6 Å². The van der Waals surface area contributed by atoms with E-state index in [0.717, 1.165) is 25.0 Å². The van der Waals surface area contributed by atoms with Gasteiger partial charge in [-0.3, -0.25) is 0 Å². The fraction of sp³-hybridized carbons (Fsp3) is 0.625. The van der Waals surface area contributed by atoms with Crippen LogP contribution in [-0.4, -0.2) is 45.4 Å². The zero-order valence-corrected chi connectivity index (χ0v) is 16.1. The van der Waals surface area contributed by atoms with E-state index in [2.05, 4.69) is 10.0 Å². The summed E-state index contributed by atoms with van der Waals surface area (Å²) < 4.78 is 55.6. The zero-order valence-electron chi connectivity index (χ0n) is 14.5. The average Bonchev–Trinajstić information content (AvgIpc) is 2.55. The summed E-state index contributed by atoms with van der Waals surface area (Å²) in [4.78, 5) is 0. The minimum Gasteiger partial charge on any atom is -0.315 e. The van der Waals surface area contributed by atoms with Crippen LogP contribution in [0.5, 0.6) is 0 Å².